The zero-order valence-corrected chi connectivity index (χ0v) is 70.6. The van der Waals surface area contributed by atoms with Crippen LogP contribution in [0.25, 0.3) is 42.5 Å². The van der Waals surface area contributed by atoms with E-state index in [2.05, 4.69) is 21.3 Å². The van der Waals surface area contributed by atoms with Crippen LogP contribution in [-0.2, 0) is 33.6 Å². The molecule has 0 bridgehead atoms. The summed E-state index contributed by atoms with van der Waals surface area (Å²) in [6.07, 6.45) is 15.7. The summed E-state index contributed by atoms with van der Waals surface area (Å²) in [5.41, 5.74) is 6.34. The lowest BCUT2D eigenvalue weighted by Gasteiger charge is -2.09. The molecular formula is C77H62N6O16S14. The molecule has 6 saturated heterocycles. The van der Waals surface area contributed by atoms with Crippen molar-refractivity contribution in [3.63, 3.8) is 0 Å². The van der Waals surface area contributed by atoms with Crippen LogP contribution >= 0.6 is 167 Å². The third-order valence-corrected chi connectivity index (χ3v) is 24.4. The van der Waals surface area contributed by atoms with Crippen molar-refractivity contribution in [2.45, 2.75) is 13.8 Å². The molecule has 0 aromatic heterocycles. The van der Waals surface area contributed by atoms with E-state index in [1.165, 1.54) is 119 Å². The molecule has 7 heterocycles. The maximum absolute atomic E-state index is 11.9. The van der Waals surface area contributed by atoms with Gasteiger partial charge < -0.3 is 66.9 Å². The minimum Gasteiger partial charge on any atom is -0.508 e. The van der Waals surface area contributed by atoms with E-state index in [-0.39, 0.29) is 87.2 Å². The van der Waals surface area contributed by atoms with Crippen LogP contribution in [0.3, 0.4) is 0 Å². The van der Waals surface area contributed by atoms with Gasteiger partial charge in [-0.05, 0) is 181 Å². The molecule has 22 nitrogen and oxygen atoms in total. The number of hydrogen-bond acceptors (Lipinski definition) is 30. The molecule has 6 fully saturated rings. The highest BCUT2D eigenvalue weighted by Crippen LogP contribution is 2.41. The Morgan fingerprint density at radius 2 is 0.752 bits per heavy atom. The molecule has 7 aliphatic rings. The highest BCUT2D eigenvalue weighted by molar-refractivity contribution is 8.29. The number of hydrogen-bond donors (Lipinski definition) is 12. The van der Waals surface area contributed by atoms with Crippen molar-refractivity contribution in [1.82, 2.24) is 31.1 Å². The van der Waals surface area contributed by atoms with Crippen molar-refractivity contribution in [1.29, 1.82) is 0 Å². The first-order valence-corrected chi connectivity index (χ1v) is 41.6. The van der Waals surface area contributed by atoms with Gasteiger partial charge >= 0.3 is 0 Å². The van der Waals surface area contributed by atoms with E-state index in [0.717, 1.165) is 54.3 Å². The number of rotatable bonds is 10. The fourth-order valence-corrected chi connectivity index (χ4v) is 17.4. The summed E-state index contributed by atoms with van der Waals surface area (Å²) in [6, 6.07) is 40.8. The first-order valence-electron chi connectivity index (χ1n) is 32.3. The van der Waals surface area contributed by atoms with Gasteiger partial charge in [-0.15, -0.1) is 11.8 Å². The number of ketones is 1. The molecule has 0 radical (unpaired) electrons. The number of thioether (sulfide) groups is 8. The predicted octanol–water partition coefficient (Wildman–Crippen LogP) is 15.6. The number of benzene rings is 7. The number of thiocarbonyl (C=S) groups is 6. The van der Waals surface area contributed by atoms with Crippen molar-refractivity contribution >= 4 is 277 Å². The van der Waals surface area contributed by atoms with E-state index >= 15 is 0 Å². The highest BCUT2D eigenvalue weighted by atomic mass is 32.2. The van der Waals surface area contributed by atoms with Gasteiger partial charge in [-0.3, -0.25) is 43.4 Å². The Morgan fingerprint density at radius 1 is 0.398 bits per heavy atom. The SMILES string of the molecule is CCN1C(=O)/C(=C/c2ccc(O)cc2)SC1=S.CN1C(=O)/C(=C/c2ccc(O)cc2)SC1=S.COc1cc(O)ccc1/C=C1\SC(=S)NC1=O.CSC1=CC(=O)/C(=C/c2ccc(O)cc2)S1.Cc1cc(/C=C2\SC(=S)NC2=O)ccc1O.O=C1NC(=S)S/C1=C\c1ccc(O)cc1.O=C1NC(=S)S/C1=C\c1ccc(O)cc1O. The number of nitrogens with zero attached hydrogens (tertiary/aromatic N) is 2. The number of carbonyl (C=O) groups excluding carboxylic acids is 7. The van der Waals surface area contributed by atoms with E-state index < -0.39 is 0 Å². The van der Waals surface area contributed by atoms with Gasteiger partial charge in [0.05, 0.1) is 41.4 Å². The molecular weight excluding hydrogens is 1710 g/mol. The predicted molar refractivity (Wildman–Crippen MR) is 484 cm³/mol. The fraction of sp³-hybridized carbons (Fsp3) is 0.0779. The quantitative estimate of drug-likeness (QED) is 0.0447. The molecule has 7 aromatic carbocycles. The Labute approximate surface area is 713 Å². The first-order chi connectivity index (χ1) is 53.7. The van der Waals surface area contributed by atoms with Gasteiger partial charge in [0.25, 0.3) is 35.4 Å². The number of phenols is 8. The Morgan fingerprint density at radius 3 is 1.11 bits per heavy atom. The Bertz CT molecular complexity index is 5260. The molecule has 113 heavy (non-hydrogen) atoms. The van der Waals surface area contributed by atoms with Crippen LogP contribution < -0.4 is 26.0 Å². The average Bonchev–Trinajstić information content (AvgIpc) is 1.78. The number of aryl methyl sites for hydroxylation is 1. The lowest BCUT2D eigenvalue weighted by atomic mass is 10.1. The van der Waals surface area contributed by atoms with Crippen molar-refractivity contribution in [2.75, 3.05) is 27.0 Å². The molecule has 0 spiro atoms. The van der Waals surface area contributed by atoms with Crippen molar-refractivity contribution in [3.8, 4) is 51.7 Å². The Kier molecular flexibility index (Phi) is 33.5. The summed E-state index contributed by atoms with van der Waals surface area (Å²) in [7, 11) is 3.17. The number of amides is 6. The van der Waals surface area contributed by atoms with E-state index in [1.54, 1.807) is 175 Å². The molecule has 7 aliphatic heterocycles. The minimum absolute atomic E-state index is 0.0290. The molecule has 6 amide bonds. The van der Waals surface area contributed by atoms with Gasteiger partial charge in [0.2, 0.25) is 0 Å². The second-order valence-electron chi connectivity index (χ2n) is 22.8. The van der Waals surface area contributed by atoms with Crippen molar-refractivity contribution in [2.24, 2.45) is 0 Å². The van der Waals surface area contributed by atoms with Crippen LogP contribution in [0.2, 0.25) is 0 Å². The second-order valence-corrected chi connectivity index (χ2v) is 35.2. The smallest absolute Gasteiger partial charge is 0.266 e. The fourth-order valence-electron chi connectivity index (χ4n) is 9.13. The maximum Gasteiger partial charge on any atom is 0.266 e. The Hall–Kier alpha value is -9.51. The molecule has 36 heteroatoms. The minimum atomic E-state index is -0.275. The molecule has 0 unspecified atom stereocenters. The maximum atomic E-state index is 11.9. The van der Waals surface area contributed by atoms with Crippen LogP contribution in [0.15, 0.2) is 196 Å². The summed E-state index contributed by atoms with van der Waals surface area (Å²) in [5.74, 6) is 0.720. The third-order valence-electron chi connectivity index (χ3n) is 14.7. The van der Waals surface area contributed by atoms with E-state index in [1.807, 2.05) is 32.2 Å². The summed E-state index contributed by atoms with van der Waals surface area (Å²) >= 11 is 40.1. The largest absolute Gasteiger partial charge is 0.508 e. The zero-order valence-electron chi connectivity index (χ0n) is 59.2. The van der Waals surface area contributed by atoms with Crippen LogP contribution in [0, 0.1) is 6.92 Å². The van der Waals surface area contributed by atoms with Crippen LogP contribution in [0.1, 0.15) is 51.4 Å². The summed E-state index contributed by atoms with van der Waals surface area (Å²) in [6.45, 7) is 4.30. The number of likely N-dealkylation sites (N-methyl/N-ethyl adjacent to an activating group) is 2. The number of phenolic OH excluding ortho intramolecular Hbond substituents is 8. The lowest BCUT2D eigenvalue weighted by Crippen LogP contribution is -2.27. The van der Waals surface area contributed by atoms with Gasteiger partial charge in [0, 0.05) is 47.2 Å². The van der Waals surface area contributed by atoms with Crippen LogP contribution in [0.5, 0.6) is 51.7 Å². The first kappa shape index (κ1) is 89.0. The van der Waals surface area contributed by atoms with Crippen LogP contribution in [0.4, 0.5) is 0 Å². The number of nitrogens with one attached hydrogen (secondary N) is 4. The van der Waals surface area contributed by atoms with E-state index in [0.29, 0.717) is 78.8 Å². The molecule has 580 valence electrons. The van der Waals surface area contributed by atoms with Crippen molar-refractivity contribution in [3.05, 3.63) is 241 Å². The summed E-state index contributed by atoms with van der Waals surface area (Å²) in [5, 5.41) is 83.9. The van der Waals surface area contributed by atoms with Gasteiger partial charge in [-0.1, -0.05) is 210 Å². The highest BCUT2D eigenvalue weighted by Gasteiger charge is 2.32. The summed E-state index contributed by atoms with van der Waals surface area (Å²) < 4.78 is 9.10. The molecule has 0 aliphatic carbocycles. The van der Waals surface area contributed by atoms with Gasteiger partial charge in [-0.25, -0.2) is 0 Å². The molecule has 12 N–H and O–H groups in total. The topological polar surface area (TPSA) is 345 Å². The van der Waals surface area contributed by atoms with Gasteiger partial charge in [-0.2, -0.15) is 0 Å². The molecule has 14 rings (SSSR count). The number of ether oxygens (including phenoxy) is 1. The monoisotopic (exact) mass is 1770 g/mol. The normalized spacial score (nSPS) is 18.0. The number of aromatic hydroxyl groups is 8. The van der Waals surface area contributed by atoms with Gasteiger partial charge in [0.1, 0.15) is 77.7 Å². The van der Waals surface area contributed by atoms with E-state index in [9.17, 15) is 48.9 Å². The molecule has 0 atom stereocenters. The standard InChI is InChI=1S/C12H11NO2S2.C12H10O2S2.C11H9NO3S2.2C11H9NO2S2.C10H7NO3S2.C10H7NO2S2/c1-2-13-11(15)10(17-12(13)16)7-8-3-5-9(14)6-4-8;1-15-12-7-10(14)11(16-12)6-8-2-4-9(13)5-3-8;1-15-8-5-7(13)3-2-6(8)4-9-10(14)12-11(16)17-9;1-12-10(14)9(16-11(12)15)6-7-2-4-8(13)5-3-7;1-6-4-7(2-3-8(6)13)5-9-10(14)12-11(15)16-9;12-6-2-1-5(7(13)4-6)3-8-9(14)11-10(15)16-8;12-7-3-1-6(2-4-7)5-8-9(13)11-10(14)15-8/h3-7,14H,2H2,1H3;2-7,13H,1H3;2-5,13H,1H3,(H,12,14,16);2-6,13H,1H3;2-5,13H,1H3,(H,12,14,15);1-4,12-13H,(H,11,14,15);1-5,12H,(H,11,13,14)/b10-7-;11-6-;9-4-;9-6-;9-5-;8-3-;8-5-. The van der Waals surface area contributed by atoms with Crippen molar-refractivity contribution < 1.29 is 79.2 Å². The Balaban J connectivity index is 0.000000165. The summed E-state index contributed by atoms with van der Waals surface area (Å²) in [4.78, 5) is 87.8. The van der Waals surface area contributed by atoms with E-state index in [4.69, 9.17) is 104 Å². The van der Waals surface area contributed by atoms with Crippen LogP contribution in [-0.4, -0.2) is 145 Å². The van der Waals surface area contributed by atoms with Gasteiger partial charge in [0.15, 0.2) is 5.78 Å². The second kappa shape index (κ2) is 42.6. The number of allylic oxidation sites excluding steroid dienone is 2. The molecule has 7 aromatic rings. The zero-order chi connectivity index (χ0) is 82.3. The third kappa shape index (κ3) is 27.1. The lowest BCUT2D eigenvalue weighted by molar-refractivity contribution is -0.122. The number of carbonyl (C=O) groups is 7. The average molecular weight is 1780 g/mol. The molecule has 0 saturated carbocycles. The number of methoxy groups -OCH3 is 1.